The lowest BCUT2D eigenvalue weighted by molar-refractivity contribution is -0.167. The number of carbonyl (C=O) groups excluding carboxylic acids is 3. The van der Waals surface area contributed by atoms with Gasteiger partial charge in [0.05, 0.1) is 23.9 Å². The Balaban J connectivity index is 2.07. The number of fused-ring (bicyclic) bond motifs is 1. The van der Waals surface area contributed by atoms with Gasteiger partial charge in [-0.2, -0.15) is 18.4 Å². The summed E-state index contributed by atoms with van der Waals surface area (Å²) in [7, 11) is 0. The van der Waals surface area contributed by atoms with Crippen molar-refractivity contribution >= 4 is 34.8 Å². The van der Waals surface area contributed by atoms with E-state index in [4.69, 9.17) is 5.26 Å². The number of nitrogens with zero attached hydrogens (tertiary/aromatic N) is 1. The molecule has 3 amide bonds. The first-order valence-electron chi connectivity index (χ1n) is 8.40. The van der Waals surface area contributed by atoms with Crippen molar-refractivity contribution in [2.45, 2.75) is 18.2 Å². The van der Waals surface area contributed by atoms with Crippen molar-refractivity contribution in [2.75, 3.05) is 16.0 Å². The summed E-state index contributed by atoms with van der Waals surface area (Å²) in [4.78, 5) is 36.0. The summed E-state index contributed by atoms with van der Waals surface area (Å²) in [5.74, 6) is -3.93. The highest BCUT2D eigenvalue weighted by atomic mass is 19.4. The lowest BCUT2D eigenvalue weighted by Crippen LogP contribution is -2.33. The fourth-order valence-corrected chi connectivity index (χ4v) is 2.89. The van der Waals surface area contributed by atoms with Gasteiger partial charge in [-0.15, -0.1) is 0 Å². The molecule has 0 saturated heterocycles. The fourth-order valence-electron chi connectivity index (χ4n) is 2.89. The maximum absolute atomic E-state index is 12.6. The van der Waals surface area contributed by atoms with Gasteiger partial charge in [0.1, 0.15) is 0 Å². The molecule has 0 fully saturated rings. The number of hydrogen-bond acceptors (Lipinski definition) is 5. The Labute approximate surface area is 167 Å². The van der Waals surface area contributed by atoms with Crippen LogP contribution in [0.3, 0.4) is 0 Å². The minimum Gasteiger partial charge on any atom is -0.374 e. The smallest absolute Gasteiger partial charge is 0.374 e. The molecule has 8 nitrogen and oxygen atoms in total. The Morgan fingerprint density at radius 2 is 1.83 bits per heavy atom. The number of carbonyl (C=O) groups is 3. The van der Waals surface area contributed by atoms with E-state index < -0.39 is 41.6 Å². The maximum Gasteiger partial charge on any atom is 0.471 e. The first-order valence-corrected chi connectivity index (χ1v) is 8.40. The van der Waals surface area contributed by atoms with Gasteiger partial charge >= 0.3 is 12.1 Å². The summed E-state index contributed by atoms with van der Waals surface area (Å²) < 4.78 is 37.9. The second kappa shape index (κ2) is 7.49. The van der Waals surface area contributed by atoms with Crippen LogP contribution in [-0.2, 0) is 15.2 Å². The van der Waals surface area contributed by atoms with Crippen molar-refractivity contribution in [3.63, 3.8) is 0 Å². The zero-order valence-electron chi connectivity index (χ0n) is 15.0. The Morgan fingerprint density at radius 3 is 2.43 bits per heavy atom. The number of amides is 3. The fraction of sp³-hybridized carbons (Fsp3) is 0.158. The van der Waals surface area contributed by atoms with Crippen molar-refractivity contribution in [2.24, 2.45) is 0 Å². The predicted molar refractivity (Wildman–Crippen MR) is 98.3 cm³/mol. The van der Waals surface area contributed by atoms with Gasteiger partial charge in [0.25, 0.3) is 11.8 Å². The zero-order valence-corrected chi connectivity index (χ0v) is 15.0. The number of rotatable bonds is 4. The first-order chi connectivity index (χ1) is 14.1. The van der Waals surface area contributed by atoms with Crippen molar-refractivity contribution in [3.8, 4) is 6.07 Å². The van der Waals surface area contributed by atoms with E-state index in [-0.39, 0.29) is 22.5 Å². The Hall–Kier alpha value is -3.91. The minimum atomic E-state index is -5.19. The molecule has 0 bridgehead atoms. The molecule has 154 valence electrons. The number of nitriles is 1. The van der Waals surface area contributed by atoms with Crippen molar-refractivity contribution < 1.29 is 32.7 Å². The van der Waals surface area contributed by atoms with Gasteiger partial charge < -0.3 is 21.1 Å². The van der Waals surface area contributed by atoms with Crippen LogP contribution >= 0.6 is 0 Å². The molecule has 3 rings (SSSR count). The lowest BCUT2D eigenvalue weighted by Gasteiger charge is -2.19. The summed E-state index contributed by atoms with van der Waals surface area (Å²) in [6.07, 6.45) is -5.89. The van der Waals surface area contributed by atoms with Gasteiger partial charge in [0.15, 0.2) is 5.60 Å². The third kappa shape index (κ3) is 3.81. The van der Waals surface area contributed by atoms with E-state index in [0.29, 0.717) is 0 Å². The van der Waals surface area contributed by atoms with Crippen LogP contribution in [-0.4, -0.2) is 29.0 Å². The number of aliphatic hydroxyl groups is 1. The van der Waals surface area contributed by atoms with E-state index in [0.717, 1.165) is 12.1 Å². The number of hydrogen-bond donors (Lipinski definition) is 4. The van der Waals surface area contributed by atoms with E-state index in [9.17, 15) is 32.7 Å². The molecule has 0 aliphatic carbocycles. The molecule has 2 aromatic carbocycles. The number of anilines is 3. The molecule has 0 aromatic heterocycles. The van der Waals surface area contributed by atoms with E-state index in [2.05, 4.69) is 10.6 Å². The van der Waals surface area contributed by atoms with Gasteiger partial charge in [-0.1, -0.05) is 18.2 Å². The quantitative estimate of drug-likeness (QED) is 0.606. The standard InChI is InChI=1S/C19H13F3N4O4/c20-19(21,22)17(29)24-11-8-12-14(26-16(28)18(12,30)6-7-23)13(9-11)25-15(27)10-4-2-1-3-5-10/h1-5,8-9,30H,6H2,(H,24,29)(H,25,27)(H,26,28). The van der Waals surface area contributed by atoms with Gasteiger partial charge in [0.2, 0.25) is 0 Å². The highest BCUT2D eigenvalue weighted by Crippen LogP contribution is 2.44. The molecule has 0 spiro atoms. The second-order valence-corrected chi connectivity index (χ2v) is 6.37. The van der Waals surface area contributed by atoms with Crippen LogP contribution in [0.15, 0.2) is 42.5 Å². The summed E-state index contributed by atoms with van der Waals surface area (Å²) in [5, 5.41) is 25.9. The van der Waals surface area contributed by atoms with Crippen LogP contribution < -0.4 is 16.0 Å². The van der Waals surface area contributed by atoms with Gasteiger partial charge in [-0.25, -0.2) is 0 Å². The molecule has 1 heterocycles. The van der Waals surface area contributed by atoms with E-state index in [1.165, 1.54) is 12.1 Å². The molecule has 1 atom stereocenters. The molecule has 1 aliphatic rings. The van der Waals surface area contributed by atoms with Crippen LogP contribution in [0.2, 0.25) is 0 Å². The normalized spacial score (nSPS) is 17.5. The molecule has 4 N–H and O–H groups in total. The number of benzene rings is 2. The van der Waals surface area contributed by atoms with E-state index in [1.807, 2.05) is 0 Å². The minimum absolute atomic E-state index is 0.0907. The predicted octanol–water partition coefficient (Wildman–Crippen LogP) is 2.49. The zero-order chi connectivity index (χ0) is 22.1. The van der Waals surface area contributed by atoms with Crippen LogP contribution in [0.25, 0.3) is 0 Å². The largest absolute Gasteiger partial charge is 0.471 e. The van der Waals surface area contributed by atoms with Crippen LogP contribution in [0.5, 0.6) is 0 Å². The van der Waals surface area contributed by atoms with Crippen molar-refractivity contribution in [3.05, 3.63) is 53.6 Å². The molecule has 30 heavy (non-hydrogen) atoms. The number of halogens is 3. The molecule has 1 aliphatic heterocycles. The third-order valence-electron chi connectivity index (χ3n) is 4.33. The van der Waals surface area contributed by atoms with Crippen LogP contribution in [0.4, 0.5) is 30.2 Å². The summed E-state index contributed by atoms with van der Waals surface area (Å²) in [6.45, 7) is 0. The third-order valence-corrected chi connectivity index (χ3v) is 4.33. The molecular weight excluding hydrogens is 405 g/mol. The van der Waals surface area contributed by atoms with Gasteiger partial charge in [0, 0.05) is 16.8 Å². The SMILES string of the molecule is N#CCC1(O)C(=O)Nc2c(NC(=O)c3ccccc3)cc(NC(=O)C(F)(F)F)cc21. The van der Waals surface area contributed by atoms with Crippen molar-refractivity contribution in [1.29, 1.82) is 5.26 Å². The summed E-state index contributed by atoms with van der Waals surface area (Å²) in [6, 6.07) is 11.4. The molecule has 0 radical (unpaired) electrons. The Kier molecular flexibility index (Phi) is 5.20. The molecule has 0 saturated carbocycles. The van der Waals surface area contributed by atoms with E-state index >= 15 is 0 Å². The average Bonchev–Trinajstić information content (AvgIpc) is 2.93. The topological polar surface area (TPSA) is 131 Å². The summed E-state index contributed by atoms with van der Waals surface area (Å²) >= 11 is 0. The lowest BCUT2D eigenvalue weighted by atomic mass is 9.91. The monoisotopic (exact) mass is 418 g/mol. The van der Waals surface area contributed by atoms with Gasteiger partial charge in [-0.3, -0.25) is 14.4 Å². The highest BCUT2D eigenvalue weighted by Gasteiger charge is 2.47. The van der Waals surface area contributed by atoms with Crippen molar-refractivity contribution in [1.82, 2.24) is 0 Å². The average molecular weight is 418 g/mol. The van der Waals surface area contributed by atoms with Crippen LogP contribution in [0.1, 0.15) is 22.3 Å². The second-order valence-electron chi connectivity index (χ2n) is 6.37. The Bertz CT molecular complexity index is 1080. The molecule has 1 unspecified atom stereocenters. The molecule has 2 aromatic rings. The molecule has 11 heteroatoms. The van der Waals surface area contributed by atoms with Gasteiger partial charge in [-0.05, 0) is 24.3 Å². The first kappa shape index (κ1) is 20.8. The van der Waals surface area contributed by atoms with E-state index in [1.54, 1.807) is 29.6 Å². The number of alkyl halides is 3. The Morgan fingerprint density at radius 1 is 1.17 bits per heavy atom. The highest BCUT2D eigenvalue weighted by molar-refractivity contribution is 6.13. The maximum atomic E-state index is 12.6. The summed E-state index contributed by atoms with van der Waals surface area (Å²) in [5.41, 5.74) is -3.10. The van der Waals surface area contributed by atoms with Crippen LogP contribution in [0, 0.1) is 11.3 Å². The molecular formula is C19H13F3N4O4. The number of nitrogens with one attached hydrogen (secondary N) is 3.